The van der Waals surface area contributed by atoms with Crippen molar-refractivity contribution in [3.05, 3.63) is 10.6 Å². The molecular weight excluding hydrogens is 182 g/mol. The molecule has 74 valence electrons. The normalized spacial score (nSPS) is 22.4. The average Bonchev–Trinajstić information content (AvgIpc) is 2.58. The lowest BCUT2D eigenvalue weighted by molar-refractivity contribution is 0.170. The van der Waals surface area contributed by atoms with Gasteiger partial charge in [-0.2, -0.15) is 0 Å². The smallest absolute Gasteiger partial charge is 0.0681 e. The molecule has 0 bridgehead atoms. The van der Waals surface area contributed by atoms with Crippen LogP contribution in [0, 0.1) is 0 Å². The van der Waals surface area contributed by atoms with Crippen LogP contribution in [0.25, 0.3) is 0 Å². The van der Waals surface area contributed by atoms with E-state index in [0.29, 0.717) is 0 Å². The summed E-state index contributed by atoms with van der Waals surface area (Å²) >= 11 is 2.03. The number of hydrogen-bond acceptors (Lipinski definition) is 3. The number of rotatable bonds is 3. The monoisotopic (exact) mass is 199 g/mol. The van der Waals surface area contributed by atoms with Crippen LogP contribution in [-0.4, -0.2) is 31.0 Å². The third kappa shape index (κ3) is 2.02. The Hall–Kier alpha value is -0.150. The summed E-state index contributed by atoms with van der Waals surface area (Å²) in [4.78, 5) is 4.14. The number of allylic oxidation sites excluding steroid dienone is 2. The van der Waals surface area contributed by atoms with E-state index in [1.54, 1.807) is 17.7 Å². The van der Waals surface area contributed by atoms with Gasteiger partial charge in [0, 0.05) is 24.3 Å². The van der Waals surface area contributed by atoms with E-state index in [-0.39, 0.29) is 0 Å². The Kier molecular flexibility index (Phi) is 3.17. The molecule has 0 aromatic heterocycles. The summed E-state index contributed by atoms with van der Waals surface area (Å²) in [6, 6.07) is 0. The van der Waals surface area contributed by atoms with Gasteiger partial charge in [0.1, 0.15) is 0 Å². The summed E-state index contributed by atoms with van der Waals surface area (Å²) in [6.07, 6.45) is 5.39. The predicted molar refractivity (Wildman–Crippen MR) is 56.5 cm³/mol. The van der Waals surface area contributed by atoms with Gasteiger partial charge in [-0.1, -0.05) is 0 Å². The van der Waals surface area contributed by atoms with Gasteiger partial charge in [0.2, 0.25) is 0 Å². The maximum Gasteiger partial charge on any atom is 0.0681 e. The van der Waals surface area contributed by atoms with Crippen LogP contribution < -0.4 is 0 Å². The molecule has 2 nitrogen and oxygen atoms in total. The van der Waals surface area contributed by atoms with Crippen molar-refractivity contribution in [3.8, 4) is 0 Å². The van der Waals surface area contributed by atoms with Crippen LogP contribution in [0.1, 0.15) is 25.7 Å². The summed E-state index contributed by atoms with van der Waals surface area (Å²) < 4.78 is 5.11. The Morgan fingerprint density at radius 1 is 1.38 bits per heavy atom. The van der Waals surface area contributed by atoms with Gasteiger partial charge in [-0.05, 0) is 25.7 Å². The van der Waals surface area contributed by atoms with Gasteiger partial charge >= 0.3 is 0 Å². The van der Waals surface area contributed by atoms with E-state index in [1.807, 2.05) is 11.8 Å². The largest absolute Gasteiger partial charge is 0.383 e. The summed E-state index contributed by atoms with van der Waals surface area (Å²) in [6.45, 7) is 1.93. The molecule has 0 unspecified atom stereocenters. The van der Waals surface area contributed by atoms with Crippen LogP contribution in [0.5, 0.6) is 0 Å². The van der Waals surface area contributed by atoms with Gasteiger partial charge in [0.25, 0.3) is 0 Å². The van der Waals surface area contributed by atoms with Crippen molar-refractivity contribution in [2.75, 3.05) is 26.1 Å². The van der Waals surface area contributed by atoms with Gasteiger partial charge in [0.15, 0.2) is 0 Å². The first-order valence-electron chi connectivity index (χ1n) is 5.00. The van der Waals surface area contributed by atoms with Crippen LogP contribution in [0.4, 0.5) is 0 Å². The van der Waals surface area contributed by atoms with E-state index in [2.05, 4.69) is 4.90 Å². The number of methoxy groups -OCH3 is 1. The van der Waals surface area contributed by atoms with Crippen LogP contribution in [0.3, 0.4) is 0 Å². The zero-order valence-electron chi connectivity index (χ0n) is 8.21. The van der Waals surface area contributed by atoms with E-state index in [1.165, 1.54) is 25.7 Å². The second-order valence-electron chi connectivity index (χ2n) is 3.61. The van der Waals surface area contributed by atoms with Crippen molar-refractivity contribution in [1.82, 2.24) is 4.90 Å². The van der Waals surface area contributed by atoms with Gasteiger partial charge in [-0.3, -0.25) is 0 Å². The lowest BCUT2D eigenvalue weighted by Gasteiger charge is -2.23. The third-order valence-electron chi connectivity index (χ3n) is 2.73. The Balaban J connectivity index is 1.95. The van der Waals surface area contributed by atoms with Crippen molar-refractivity contribution in [1.29, 1.82) is 0 Å². The predicted octanol–water partition coefficient (Wildman–Crippen LogP) is 2.42. The molecular formula is C10H17NOS. The lowest BCUT2D eigenvalue weighted by Crippen LogP contribution is -2.24. The van der Waals surface area contributed by atoms with Crippen molar-refractivity contribution in [2.24, 2.45) is 0 Å². The van der Waals surface area contributed by atoms with Crippen LogP contribution in [0.15, 0.2) is 10.6 Å². The fourth-order valence-electron chi connectivity index (χ4n) is 1.99. The molecule has 0 saturated heterocycles. The molecule has 2 aliphatic rings. The molecule has 0 N–H and O–H groups in total. The first-order chi connectivity index (χ1) is 6.42. The summed E-state index contributed by atoms with van der Waals surface area (Å²) in [5.74, 6) is 1.16. The highest BCUT2D eigenvalue weighted by Gasteiger charge is 2.24. The molecule has 0 spiro atoms. The molecule has 13 heavy (non-hydrogen) atoms. The van der Waals surface area contributed by atoms with Gasteiger partial charge in [0.05, 0.1) is 12.5 Å². The van der Waals surface area contributed by atoms with Gasteiger partial charge in [-0.25, -0.2) is 0 Å². The van der Waals surface area contributed by atoms with Crippen LogP contribution >= 0.6 is 11.8 Å². The molecule has 0 amide bonds. The van der Waals surface area contributed by atoms with Crippen molar-refractivity contribution >= 4 is 11.8 Å². The Morgan fingerprint density at radius 2 is 2.23 bits per heavy atom. The van der Waals surface area contributed by atoms with Crippen LogP contribution in [0.2, 0.25) is 0 Å². The zero-order chi connectivity index (χ0) is 9.10. The third-order valence-corrected chi connectivity index (χ3v) is 3.96. The Labute approximate surface area is 84.3 Å². The minimum Gasteiger partial charge on any atom is -0.383 e. The molecule has 0 fully saturated rings. The first kappa shape index (κ1) is 9.41. The Bertz CT molecular complexity index is 215. The van der Waals surface area contributed by atoms with E-state index in [9.17, 15) is 0 Å². The quantitative estimate of drug-likeness (QED) is 0.692. The molecule has 0 aromatic carbocycles. The minimum absolute atomic E-state index is 0.858. The molecule has 1 aliphatic heterocycles. The fourth-order valence-corrected chi connectivity index (χ4v) is 3.27. The maximum atomic E-state index is 5.11. The highest BCUT2D eigenvalue weighted by molar-refractivity contribution is 8.03. The maximum absolute atomic E-state index is 5.11. The summed E-state index contributed by atoms with van der Waals surface area (Å²) in [5.41, 5.74) is 1.62. The molecule has 0 aromatic rings. The van der Waals surface area contributed by atoms with E-state index < -0.39 is 0 Å². The van der Waals surface area contributed by atoms with E-state index in [4.69, 9.17) is 4.74 Å². The number of hydrogen-bond donors (Lipinski definition) is 0. The second-order valence-corrected chi connectivity index (χ2v) is 4.65. The molecule has 3 heteroatoms. The van der Waals surface area contributed by atoms with Gasteiger partial charge < -0.3 is 9.64 Å². The Morgan fingerprint density at radius 3 is 3.08 bits per heavy atom. The SMILES string of the molecule is COCCN1CSC2=C1CCCC2. The van der Waals surface area contributed by atoms with Crippen molar-refractivity contribution in [3.63, 3.8) is 0 Å². The molecule has 0 saturated carbocycles. The first-order valence-corrected chi connectivity index (χ1v) is 5.99. The average molecular weight is 199 g/mol. The van der Waals surface area contributed by atoms with Crippen molar-refractivity contribution in [2.45, 2.75) is 25.7 Å². The molecule has 2 rings (SSSR count). The zero-order valence-corrected chi connectivity index (χ0v) is 9.03. The summed E-state index contributed by atoms with van der Waals surface area (Å²) in [5, 5.41) is 0. The fraction of sp³-hybridized carbons (Fsp3) is 0.800. The molecule has 0 atom stereocenters. The topological polar surface area (TPSA) is 12.5 Å². The number of nitrogens with zero attached hydrogens (tertiary/aromatic N) is 1. The molecule has 0 radical (unpaired) electrons. The molecule has 1 heterocycles. The van der Waals surface area contributed by atoms with E-state index >= 15 is 0 Å². The highest BCUT2D eigenvalue weighted by atomic mass is 32.2. The van der Waals surface area contributed by atoms with Crippen LogP contribution in [-0.2, 0) is 4.74 Å². The molecule has 1 aliphatic carbocycles. The minimum atomic E-state index is 0.858. The second kappa shape index (κ2) is 4.38. The standard InChI is InChI=1S/C10H17NOS/c1-12-7-6-11-8-13-10-5-3-2-4-9(10)11/h2-8H2,1H3. The van der Waals surface area contributed by atoms with Crippen molar-refractivity contribution < 1.29 is 4.74 Å². The lowest BCUT2D eigenvalue weighted by atomic mass is 10.0. The highest BCUT2D eigenvalue weighted by Crippen LogP contribution is 2.40. The number of thioether (sulfide) groups is 1. The van der Waals surface area contributed by atoms with E-state index in [0.717, 1.165) is 19.0 Å². The van der Waals surface area contributed by atoms with Gasteiger partial charge in [-0.15, -0.1) is 11.8 Å². The number of ether oxygens (including phenoxy) is 1. The summed E-state index contributed by atoms with van der Waals surface area (Å²) in [7, 11) is 1.78.